The summed E-state index contributed by atoms with van der Waals surface area (Å²) in [4.78, 5) is 30.0. The number of fused-ring (bicyclic) bond motifs is 1. The lowest BCUT2D eigenvalue weighted by Crippen LogP contribution is -2.46. The summed E-state index contributed by atoms with van der Waals surface area (Å²) in [6.07, 6.45) is 3.18. The van der Waals surface area contributed by atoms with E-state index in [-0.39, 0.29) is 17.5 Å². The Bertz CT molecular complexity index is 1220. The van der Waals surface area contributed by atoms with E-state index in [9.17, 15) is 9.59 Å². The fourth-order valence-corrected chi connectivity index (χ4v) is 2.73. The summed E-state index contributed by atoms with van der Waals surface area (Å²) < 4.78 is 15.7. The highest BCUT2D eigenvalue weighted by molar-refractivity contribution is 5.56. The molecule has 136 valence electrons. The fourth-order valence-electron chi connectivity index (χ4n) is 2.73. The second-order valence-electron chi connectivity index (χ2n) is 5.91. The molecule has 0 amide bonds. The molecule has 2 N–H and O–H groups in total. The number of methoxy groups -OCH3 is 1. The second kappa shape index (κ2) is 6.87. The quantitative estimate of drug-likeness (QED) is 0.704. The van der Waals surface area contributed by atoms with Gasteiger partial charge in [-0.1, -0.05) is 18.2 Å². The molecule has 4 rings (SSSR count). The van der Waals surface area contributed by atoms with E-state index >= 15 is 0 Å². The molecule has 7 nitrogen and oxygen atoms in total. The highest BCUT2D eigenvalue weighted by atomic mass is 16.7. The zero-order valence-corrected chi connectivity index (χ0v) is 14.4. The first-order chi connectivity index (χ1) is 13.1. The number of aromatic nitrogens is 2. The summed E-state index contributed by atoms with van der Waals surface area (Å²) in [6, 6.07) is 12.4. The van der Waals surface area contributed by atoms with Crippen LogP contribution < -0.4 is 36.0 Å². The molecule has 0 spiro atoms. The molecule has 0 aliphatic carbocycles. The predicted octanol–water partition coefficient (Wildman–Crippen LogP) is 0.458. The number of benzene rings is 2. The molecule has 0 bridgehead atoms. The van der Waals surface area contributed by atoms with E-state index in [4.69, 9.17) is 14.2 Å². The number of aromatic amines is 2. The number of hydrogen-bond acceptors (Lipinski definition) is 5. The minimum absolute atomic E-state index is 0.158. The lowest BCUT2D eigenvalue weighted by atomic mass is 10.2. The summed E-state index contributed by atoms with van der Waals surface area (Å²) in [5.41, 5.74) is 0.696. The molecule has 0 saturated carbocycles. The number of hydrogen-bond donors (Lipinski definition) is 2. The van der Waals surface area contributed by atoms with E-state index in [0.717, 1.165) is 5.56 Å². The van der Waals surface area contributed by atoms with Crippen molar-refractivity contribution in [2.75, 3.05) is 13.9 Å². The Labute approximate surface area is 153 Å². The summed E-state index contributed by atoms with van der Waals surface area (Å²) in [5.74, 6) is 1.97. The van der Waals surface area contributed by atoms with Gasteiger partial charge in [-0.3, -0.25) is 9.59 Å². The molecular formula is C20H16N2O5. The van der Waals surface area contributed by atoms with E-state index < -0.39 is 11.1 Å². The number of rotatable bonds is 3. The first-order valence-corrected chi connectivity index (χ1v) is 8.22. The third-order valence-corrected chi connectivity index (χ3v) is 4.12. The number of H-pyrrole nitrogens is 2. The largest absolute Gasteiger partial charge is 0.497 e. The molecule has 0 unspecified atom stereocenters. The predicted molar refractivity (Wildman–Crippen MR) is 99.6 cm³/mol. The van der Waals surface area contributed by atoms with Crippen LogP contribution in [0.15, 0.2) is 52.1 Å². The van der Waals surface area contributed by atoms with Gasteiger partial charge in [-0.25, -0.2) is 0 Å². The highest BCUT2D eigenvalue weighted by Gasteiger charge is 2.12. The van der Waals surface area contributed by atoms with Crippen molar-refractivity contribution < 1.29 is 14.2 Å². The lowest BCUT2D eigenvalue weighted by molar-refractivity contribution is 0.174. The van der Waals surface area contributed by atoms with Gasteiger partial charge in [-0.05, 0) is 47.5 Å². The van der Waals surface area contributed by atoms with Gasteiger partial charge < -0.3 is 24.2 Å². The Hall–Kier alpha value is -3.74. The molecule has 7 heteroatoms. The molecule has 1 aliphatic rings. The van der Waals surface area contributed by atoms with Crippen LogP contribution in [0.25, 0.3) is 12.2 Å². The monoisotopic (exact) mass is 364 g/mol. The van der Waals surface area contributed by atoms with Crippen molar-refractivity contribution in [3.8, 4) is 17.2 Å². The average molecular weight is 364 g/mol. The van der Waals surface area contributed by atoms with Gasteiger partial charge in [-0.15, -0.1) is 0 Å². The summed E-state index contributed by atoms with van der Waals surface area (Å²) in [7, 11) is 1.58. The number of nitrogens with one attached hydrogen (secondary N) is 2. The summed E-state index contributed by atoms with van der Waals surface area (Å²) in [5, 5.41) is 0.332. The third kappa shape index (κ3) is 3.48. The Balaban J connectivity index is 1.74. The molecule has 27 heavy (non-hydrogen) atoms. The minimum Gasteiger partial charge on any atom is -0.497 e. The molecule has 0 fully saturated rings. The standard InChI is InChI=1S/C20H16N2O5/c1-25-14-5-2-12(3-6-14)8-15-19(23)22-16(20(24)21-15)9-13-4-7-17-18(10-13)27-11-26-17/h2-10H,11H2,1H3,(H,21,24)(H,22,23). The van der Waals surface area contributed by atoms with Gasteiger partial charge in [0.1, 0.15) is 16.4 Å². The maximum Gasteiger partial charge on any atom is 0.272 e. The van der Waals surface area contributed by atoms with Gasteiger partial charge in [0.05, 0.1) is 7.11 Å². The summed E-state index contributed by atoms with van der Waals surface area (Å²) >= 11 is 0. The molecule has 1 aromatic heterocycles. The van der Waals surface area contributed by atoms with Crippen LogP contribution in [-0.2, 0) is 0 Å². The zero-order chi connectivity index (χ0) is 18.8. The molecule has 2 aromatic carbocycles. The van der Waals surface area contributed by atoms with E-state index in [2.05, 4.69) is 9.97 Å². The van der Waals surface area contributed by atoms with Crippen molar-refractivity contribution in [2.45, 2.75) is 0 Å². The van der Waals surface area contributed by atoms with Crippen LogP contribution in [0.5, 0.6) is 17.2 Å². The van der Waals surface area contributed by atoms with Crippen molar-refractivity contribution in [3.63, 3.8) is 0 Å². The van der Waals surface area contributed by atoms with Crippen LogP contribution in [0.3, 0.4) is 0 Å². The van der Waals surface area contributed by atoms with Crippen molar-refractivity contribution in [3.05, 3.63) is 85.0 Å². The van der Waals surface area contributed by atoms with Gasteiger partial charge >= 0.3 is 0 Å². The van der Waals surface area contributed by atoms with E-state index in [1.807, 2.05) is 0 Å². The van der Waals surface area contributed by atoms with Gasteiger partial charge in [0.2, 0.25) is 6.79 Å². The molecule has 0 radical (unpaired) electrons. The highest BCUT2D eigenvalue weighted by Crippen LogP contribution is 2.32. The van der Waals surface area contributed by atoms with Crippen molar-refractivity contribution in [1.29, 1.82) is 0 Å². The van der Waals surface area contributed by atoms with Crippen LogP contribution in [-0.4, -0.2) is 23.9 Å². The minimum atomic E-state index is -0.396. The molecule has 0 atom stereocenters. The lowest BCUT2D eigenvalue weighted by Gasteiger charge is -1.99. The maximum absolute atomic E-state index is 12.4. The molecule has 0 saturated heterocycles. The van der Waals surface area contributed by atoms with Crippen LogP contribution in [0.2, 0.25) is 0 Å². The fraction of sp³-hybridized carbons (Fsp3) is 0.100. The number of ether oxygens (including phenoxy) is 3. The summed E-state index contributed by atoms with van der Waals surface area (Å²) in [6.45, 7) is 0.173. The first kappa shape index (κ1) is 16.7. The Morgan fingerprint density at radius 3 is 2.11 bits per heavy atom. The Kier molecular flexibility index (Phi) is 4.25. The van der Waals surface area contributed by atoms with Crippen molar-refractivity contribution in [1.82, 2.24) is 9.97 Å². The van der Waals surface area contributed by atoms with Crippen molar-refractivity contribution >= 4 is 12.2 Å². The van der Waals surface area contributed by atoms with Gasteiger partial charge in [0.25, 0.3) is 11.1 Å². The van der Waals surface area contributed by atoms with Crippen LogP contribution in [0, 0.1) is 0 Å². The van der Waals surface area contributed by atoms with Crippen molar-refractivity contribution in [2.24, 2.45) is 0 Å². The normalized spacial score (nSPS) is 13.8. The first-order valence-electron chi connectivity index (χ1n) is 8.22. The Morgan fingerprint density at radius 1 is 0.852 bits per heavy atom. The second-order valence-corrected chi connectivity index (χ2v) is 5.91. The molecule has 3 aromatic rings. The molecule has 2 heterocycles. The van der Waals surface area contributed by atoms with E-state index in [1.54, 1.807) is 61.7 Å². The Morgan fingerprint density at radius 2 is 1.44 bits per heavy atom. The van der Waals surface area contributed by atoms with E-state index in [0.29, 0.717) is 22.8 Å². The van der Waals surface area contributed by atoms with Gasteiger partial charge in [0.15, 0.2) is 11.5 Å². The third-order valence-electron chi connectivity index (χ3n) is 4.12. The van der Waals surface area contributed by atoms with Crippen LogP contribution in [0.4, 0.5) is 0 Å². The van der Waals surface area contributed by atoms with Crippen LogP contribution >= 0.6 is 0 Å². The van der Waals surface area contributed by atoms with Gasteiger partial charge in [0, 0.05) is 0 Å². The zero-order valence-electron chi connectivity index (χ0n) is 14.4. The smallest absolute Gasteiger partial charge is 0.272 e. The topological polar surface area (TPSA) is 93.4 Å². The molecular weight excluding hydrogens is 348 g/mol. The van der Waals surface area contributed by atoms with Crippen LogP contribution in [0.1, 0.15) is 11.1 Å². The molecule has 1 aliphatic heterocycles. The average Bonchev–Trinajstić information content (AvgIpc) is 3.14. The van der Waals surface area contributed by atoms with Gasteiger partial charge in [-0.2, -0.15) is 0 Å². The SMILES string of the molecule is COc1ccc(C=c2[nH]c(=O)c(=Cc3ccc4c(c3)OCO4)[nH]c2=O)cc1. The maximum atomic E-state index is 12.4. The van der Waals surface area contributed by atoms with E-state index in [1.165, 1.54) is 0 Å².